The molecule has 1 aromatic heterocycles. The van der Waals surface area contributed by atoms with E-state index in [4.69, 9.17) is 9.15 Å². The predicted octanol–water partition coefficient (Wildman–Crippen LogP) is 2.57. The first-order valence-corrected chi connectivity index (χ1v) is 7.77. The summed E-state index contributed by atoms with van der Waals surface area (Å²) in [5, 5.41) is 10.6. The third kappa shape index (κ3) is 3.00. The van der Waals surface area contributed by atoms with Crippen LogP contribution in [-0.4, -0.2) is 41.8 Å². The fraction of sp³-hybridized carbons (Fsp3) is 0.471. The van der Waals surface area contributed by atoms with Crippen LogP contribution in [0.4, 0.5) is 0 Å². The molecule has 0 spiro atoms. The maximum Gasteiger partial charge on any atom is 0.374 e. The van der Waals surface area contributed by atoms with E-state index in [1.54, 1.807) is 6.92 Å². The molecule has 118 valence electrons. The normalized spacial score (nSPS) is 17.0. The zero-order valence-electron chi connectivity index (χ0n) is 12.7. The molecule has 3 rings (SSSR count). The van der Waals surface area contributed by atoms with Gasteiger partial charge in [-0.05, 0) is 25.8 Å². The molecule has 1 aliphatic rings. The SMILES string of the molecule is CCOC(=O)c1oc2ccccc2c1CN1CCC(O)CC1. The number of carbonyl (C=O) groups excluding carboxylic acids is 1. The van der Waals surface area contributed by atoms with Gasteiger partial charge in [0.05, 0.1) is 12.7 Å². The molecular formula is C17H21NO4. The largest absolute Gasteiger partial charge is 0.460 e. The van der Waals surface area contributed by atoms with Crippen molar-refractivity contribution in [3.8, 4) is 0 Å². The van der Waals surface area contributed by atoms with E-state index in [9.17, 15) is 9.90 Å². The summed E-state index contributed by atoms with van der Waals surface area (Å²) in [7, 11) is 0. The smallest absolute Gasteiger partial charge is 0.374 e. The Morgan fingerprint density at radius 2 is 2.09 bits per heavy atom. The average Bonchev–Trinajstić information content (AvgIpc) is 2.89. The fourth-order valence-electron chi connectivity index (χ4n) is 2.92. The number of fused-ring (bicyclic) bond motifs is 1. The van der Waals surface area contributed by atoms with E-state index in [2.05, 4.69) is 4.90 Å². The molecule has 22 heavy (non-hydrogen) atoms. The topological polar surface area (TPSA) is 62.9 Å². The molecule has 5 heteroatoms. The second kappa shape index (κ2) is 6.50. The van der Waals surface area contributed by atoms with E-state index in [-0.39, 0.29) is 6.10 Å². The molecule has 1 N–H and O–H groups in total. The second-order valence-corrected chi connectivity index (χ2v) is 5.63. The lowest BCUT2D eigenvalue weighted by atomic mass is 10.1. The monoisotopic (exact) mass is 303 g/mol. The molecule has 1 aliphatic heterocycles. The van der Waals surface area contributed by atoms with Crippen molar-refractivity contribution in [3.63, 3.8) is 0 Å². The van der Waals surface area contributed by atoms with Crippen molar-refractivity contribution in [2.75, 3.05) is 19.7 Å². The molecule has 0 atom stereocenters. The minimum absolute atomic E-state index is 0.207. The van der Waals surface area contributed by atoms with E-state index in [0.29, 0.717) is 24.5 Å². The van der Waals surface area contributed by atoms with Crippen LogP contribution in [0.2, 0.25) is 0 Å². The summed E-state index contributed by atoms with van der Waals surface area (Å²) in [6.07, 6.45) is 1.33. The number of likely N-dealkylation sites (tertiary alicyclic amines) is 1. The molecule has 0 bridgehead atoms. The van der Waals surface area contributed by atoms with Crippen LogP contribution in [0, 0.1) is 0 Å². The first-order chi connectivity index (χ1) is 10.7. The Balaban J connectivity index is 1.91. The Kier molecular flexibility index (Phi) is 4.45. The molecule has 0 unspecified atom stereocenters. The molecule has 0 aliphatic carbocycles. The first-order valence-electron chi connectivity index (χ1n) is 7.77. The summed E-state index contributed by atoms with van der Waals surface area (Å²) in [6.45, 7) is 4.39. The molecule has 0 amide bonds. The van der Waals surface area contributed by atoms with Gasteiger partial charge in [0.2, 0.25) is 5.76 Å². The Bertz CT molecular complexity index is 656. The molecule has 0 saturated carbocycles. The van der Waals surface area contributed by atoms with Crippen molar-refractivity contribution in [2.45, 2.75) is 32.4 Å². The van der Waals surface area contributed by atoms with Crippen molar-refractivity contribution in [1.82, 2.24) is 4.90 Å². The third-order valence-corrected chi connectivity index (χ3v) is 4.10. The zero-order valence-corrected chi connectivity index (χ0v) is 12.7. The fourth-order valence-corrected chi connectivity index (χ4v) is 2.92. The molecule has 5 nitrogen and oxygen atoms in total. The predicted molar refractivity (Wildman–Crippen MR) is 82.7 cm³/mol. The number of rotatable bonds is 4. The van der Waals surface area contributed by atoms with Crippen LogP contribution in [0.15, 0.2) is 28.7 Å². The highest BCUT2D eigenvalue weighted by Gasteiger charge is 2.25. The van der Waals surface area contributed by atoms with Crippen LogP contribution < -0.4 is 0 Å². The number of piperidine rings is 1. The summed E-state index contributed by atoms with van der Waals surface area (Å²) in [4.78, 5) is 14.4. The highest BCUT2D eigenvalue weighted by molar-refractivity contribution is 5.96. The Morgan fingerprint density at radius 3 is 2.82 bits per heavy atom. The summed E-state index contributed by atoms with van der Waals surface area (Å²) >= 11 is 0. The second-order valence-electron chi connectivity index (χ2n) is 5.63. The summed E-state index contributed by atoms with van der Waals surface area (Å²) < 4.78 is 10.8. The van der Waals surface area contributed by atoms with Gasteiger partial charge in [0.25, 0.3) is 0 Å². The minimum Gasteiger partial charge on any atom is -0.460 e. The van der Waals surface area contributed by atoms with Gasteiger partial charge in [0.1, 0.15) is 5.58 Å². The van der Waals surface area contributed by atoms with E-state index in [0.717, 1.165) is 36.9 Å². The number of esters is 1. The molecule has 1 fully saturated rings. The Hall–Kier alpha value is -1.85. The first kappa shape index (κ1) is 15.1. The van der Waals surface area contributed by atoms with Gasteiger partial charge in [0, 0.05) is 30.6 Å². The van der Waals surface area contributed by atoms with Gasteiger partial charge < -0.3 is 14.3 Å². The molecule has 2 aromatic rings. The standard InChI is InChI=1S/C17H21NO4/c1-2-21-17(20)16-14(11-18-9-7-12(19)8-10-18)13-5-3-4-6-15(13)22-16/h3-6,12,19H,2,7-11H2,1H3. The number of aliphatic hydroxyl groups is 1. The molecule has 1 aromatic carbocycles. The maximum atomic E-state index is 12.2. The van der Waals surface area contributed by atoms with E-state index in [1.807, 2.05) is 24.3 Å². The Labute approximate surface area is 129 Å². The number of ether oxygens (including phenoxy) is 1. The van der Waals surface area contributed by atoms with Crippen molar-refractivity contribution < 1.29 is 19.1 Å². The van der Waals surface area contributed by atoms with Crippen molar-refractivity contribution in [1.29, 1.82) is 0 Å². The van der Waals surface area contributed by atoms with Gasteiger partial charge in [-0.25, -0.2) is 4.79 Å². The van der Waals surface area contributed by atoms with Crippen LogP contribution in [0.5, 0.6) is 0 Å². The van der Waals surface area contributed by atoms with E-state index < -0.39 is 5.97 Å². The quantitative estimate of drug-likeness (QED) is 0.880. The molecule has 0 radical (unpaired) electrons. The van der Waals surface area contributed by atoms with Crippen LogP contribution in [0.1, 0.15) is 35.9 Å². The number of furan rings is 1. The summed E-state index contributed by atoms with van der Waals surface area (Å²) in [5.74, 6) is -0.111. The number of benzene rings is 1. The minimum atomic E-state index is -0.411. The van der Waals surface area contributed by atoms with Crippen LogP contribution >= 0.6 is 0 Å². The van der Waals surface area contributed by atoms with Gasteiger partial charge in [-0.1, -0.05) is 18.2 Å². The van der Waals surface area contributed by atoms with E-state index in [1.165, 1.54) is 0 Å². The number of nitrogens with zero attached hydrogens (tertiary/aromatic N) is 1. The highest BCUT2D eigenvalue weighted by atomic mass is 16.5. The van der Waals surface area contributed by atoms with Crippen LogP contribution in [0.25, 0.3) is 11.0 Å². The van der Waals surface area contributed by atoms with Gasteiger partial charge in [-0.2, -0.15) is 0 Å². The van der Waals surface area contributed by atoms with Gasteiger partial charge in [-0.15, -0.1) is 0 Å². The lowest BCUT2D eigenvalue weighted by Crippen LogP contribution is -2.35. The van der Waals surface area contributed by atoms with Crippen molar-refractivity contribution >= 4 is 16.9 Å². The lowest BCUT2D eigenvalue weighted by Gasteiger charge is -2.29. The van der Waals surface area contributed by atoms with Crippen molar-refractivity contribution in [2.24, 2.45) is 0 Å². The maximum absolute atomic E-state index is 12.2. The van der Waals surface area contributed by atoms with Gasteiger partial charge in [-0.3, -0.25) is 4.90 Å². The average molecular weight is 303 g/mol. The molecule has 1 saturated heterocycles. The number of para-hydroxylation sites is 1. The number of hydrogen-bond donors (Lipinski definition) is 1. The number of carbonyl (C=O) groups is 1. The molecule has 2 heterocycles. The molecular weight excluding hydrogens is 282 g/mol. The highest BCUT2D eigenvalue weighted by Crippen LogP contribution is 2.28. The van der Waals surface area contributed by atoms with Crippen molar-refractivity contribution in [3.05, 3.63) is 35.6 Å². The number of hydrogen-bond acceptors (Lipinski definition) is 5. The third-order valence-electron chi connectivity index (χ3n) is 4.10. The lowest BCUT2D eigenvalue weighted by molar-refractivity contribution is 0.0484. The zero-order chi connectivity index (χ0) is 15.5. The summed E-state index contributed by atoms with van der Waals surface area (Å²) in [6, 6.07) is 7.66. The van der Waals surface area contributed by atoms with E-state index >= 15 is 0 Å². The number of aliphatic hydroxyl groups excluding tert-OH is 1. The van der Waals surface area contributed by atoms with Gasteiger partial charge >= 0.3 is 5.97 Å². The summed E-state index contributed by atoms with van der Waals surface area (Å²) in [5.41, 5.74) is 1.59. The Morgan fingerprint density at radius 1 is 1.36 bits per heavy atom. The van der Waals surface area contributed by atoms with Crippen LogP contribution in [0.3, 0.4) is 0 Å². The van der Waals surface area contributed by atoms with Crippen LogP contribution in [-0.2, 0) is 11.3 Å². The van der Waals surface area contributed by atoms with Gasteiger partial charge in [0.15, 0.2) is 0 Å².